The van der Waals surface area contributed by atoms with Crippen molar-refractivity contribution in [2.45, 2.75) is 33.1 Å². The van der Waals surface area contributed by atoms with Gasteiger partial charge in [-0.3, -0.25) is 14.4 Å². The number of hydrogen-bond donors (Lipinski definition) is 0. The van der Waals surface area contributed by atoms with Gasteiger partial charge in [-0.05, 0) is 43.2 Å². The van der Waals surface area contributed by atoms with Crippen LogP contribution in [-0.4, -0.2) is 24.0 Å². The lowest BCUT2D eigenvalue weighted by molar-refractivity contribution is -0.118. The van der Waals surface area contributed by atoms with Crippen LogP contribution in [0.4, 0.5) is 5.69 Å². The summed E-state index contributed by atoms with van der Waals surface area (Å²) in [5, 5.41) is 0. The molecule has 2 aromatic rings. The molecule has 1 heterocycles. The van der Waals surface area contributed by atoms with E-state index in [9.17, 15) is 14.4 Å². The Labute approximate surface area is 147 Å². The van der Waals surface area contributed by atoms with Gasteiger partial charge in [-0.2, -0.15) is 0 Å². The van der Waals surface area contributed by atoms with Gasteiger partial charge in [0.2, 0.25) is 5.91 Å². The molecular formula is C21H21NO3. The van der Waals surface area contributed by atoms with Crippen molar-refractivity contribution in [2.24, 2.45) is 0 Å². The molecule has 1 amide bonds. The maximum atomic E-state index is 12.6. The SMILES string of the molecule is Cc1ccc(C(=O)CCC(=O)N2CCC(=O)c3ccccc32)cc1C. The molecule has 0 saturated heterocycles. The zero-order chi connectivity index (χ0) is 18.0. The lowest BCUT2D eigenvalue weighted by Gasteiger charge is -2.28. The van der Waals surface area contributed by atoms with Crippen LogP contribution < -0.4 is 4.90 Å². The number of carbonyl (C=O) groups excluding carboxylic acids is 3. The van der Waals surface area contributed by atoms with E-state index in [1.54, 1.807) is 23.1 Å². The van der Waals surface area contributed by atoms with Crippen molar-refractivity contribution in [2.75, 3.05) is 11.4 Å². The van der Waals surface area contributed by atoms with Crippen LogP contribution in [0.3, 0.4) is 0 Å². The Morgan fingerprint density at radius 3 is 2.52 bits per heavy atom. The summed E-state index contributed by atoms with van der Waals surface area (Å²) >= 11 is 0. The molecule has 3 rings (SSSR count). The summed E-state index contributed by atoms with van der Waals surface area (Å²) in [5.74, 6) is -0.0826. The highest BCUT2D eigenvalue weighted by Gasteiger charge is 2.26. The predicted molar refractivity (Wildman–Crippen MR) is 97.2 cm³/mol. The van der Waals surface area contributed by atoms with Crippen molar-refractivity contribution in [3.05, 3.63) is 64.7 Å². The Morgan fingerprint density at radius 1 is 1.00 bits per heavy atom. The Bertz CT molecular complexity index is 854. The summed E-state index contributed by atoms with van der Waals surface area (Å²) in [6.45, 7) is 4.35. The first-order chi connectivity index (χ1) is 12.0. The molecule has 0 aliphatic carbocycles. The van der Waals surface area contributed by atoms with Crippen molar-refractivity contribution in [3.63, 3.8) is 0 Å². The molecule has 0 spiro atoms. The molecular weight excluding hydrogens is 314 g/mol. The fourth-order valence-electron chi connectivity index (χ4n) is 3.09. The van der Waals surface area contributed by atoms with Gasteiger partial charge in [0.15, 0.2) is 11.6 Å². The number of Topliss-reactive ketones (excluding diaryl/α,β-unsaturated/α-hetero) is 2. The minimum absolute atomic E-state index is 0.0298. The van der Waals surface area contributed by atoms with Crippen LogP contribution >= 0.6 is 0 Å². The molecule has 4 nitrogen and oxygen atoms in total. The lowest BCUT2D eigenvalue weighted by atomic mass is 9.98. The highest BCUT2D eigenvalue weighted by Crippen LogP contribution is 2.27. The van der Waals surface area contributed by atoms with Gasteiger partial charge in [0.25, 0.3) is 0 Å². The Morgan fingerprint density at radius 2 is 1.76 bits per heavy atom. The molecule has 25 heavy (non-hydrogen) atoms. The van der Waals surface area contributed by atoms with Gasteiger partial charge in [0.05, 0.1) is 5.69 Å². The molecule has 2 aromatic carbocycles. The lowest BCUT2D eigenvalue weighted by Crippen LogP contribution is -2.37. The zero-order valence-electron chi connectivity index (χ0n) is 14.5. The van der Waals surface area contributed by atoms with Gasteiger partial charge < -0.3 is 4.90 Å². The van der Waals surface area contributed by atoms with Crippen LogP contribution in [0.5, 0.6) is 0 Å². The second-order valence-electron chi connectivity index (χ2n) is 6.46. The number of carbonyl (C=O) groups is 3. The Hall–Kier alpha value is -2.75. The van der Waals surface area contributed by atoms with Gasteiger partial charge in [0, 0.05) is 36.9 Å². The van der Waals surface area contributed by atoms with Crippen molar-refractivity contribution in [3.8, 4) is 0 Å². The first-order valence-electron chi connectivity index (χ1n) is 8.50. The fraction of sp³-hybridized carbons (Fsp3) is 0.286. The van der Waals surface area contributed by atoms with E-state index in [0.717, 1.165) is 11.1 Å². The Balaban J connectivity index is 1.69. The third kappa shape index (κ3) is 3.53. The fourth-order valence-corrected chi connectivity index (χ4v) is 3.09. The predicted octanol–water partition coefficient (Wildman–Crippen LogP) is 3.89. The largest absolute Gasteiger partial charge is 0.311 e. The van der Waals surface area contributed by atoms with Crippen molar-refractivity contribution in [1.82, 2.24) is 0 Å². The summed E-state index contributed by atoms with van der Waals surface area (Å²) < 4.78 is 0. The minimum atomic E-state index is -0.114. The maximum Gasteiger partial charge on any atom is 0.227 e. The molecule has 0 aromatic heterocycles. The number of rotatable bonds is 4. The zero-order valence-corrected chi connectivity index (χ0v) is 14.5. The monoisotopic (exact) mass is 335 g/mol. The molecule has 0 radical (unpaired) electrons. The molecule has 4 heteroatoms. The molecule has 0 N–H and O–H groups in total. The van der Waals surface area contributed by atoms with Gasteiger partial charge in [0.1, 0.15) is 0 Å². The number of ketones is 2. The number of fused-ring (bicyclic) bond motifs is 1. The van der Waals surface area contributed by atoms with Crippen LogP contribution in [0.25, 0.3) is 0 Å². The molecule has 1 aliphatic heterocycles. The quantitative estimate of drug-likeness (QED) is 0.797. The summed E-state index contributed by atoms with van der Waals surface area (Å²) in [7, 11) is 0. The van der Waals surface area contributed by atoms with E-state index in [1.807, 2.05) is 38.1 Å². The van der Waals surface area contributed by atoms with E-state index in [-0.39, 0.29) is 30.3 Å². The molecule has 128 valence electrons. The van der Waals surface area contributed by atoms with E-state index in [2.05, 4.69) is 0 Å². The number of anilines is 1. The third-order valence-electron chi connectivity index (χ3n) is 4.75. The summed E-state index contributed by atoms with van der Waals surface area (Å²) in [6, 6.07) is 12.8. The number of para-hydroxylation sites is 1. The van der Waals surface area contributed by atoms with Gasteiger partial charge >= 0.3 is 0 Å². The smallest absolute Gasteiger partial charge is 0.227 e. The van der Waals surface area contributed by atoms with E-state index >= 15 is 0 Å². The van der Waals surface area contributed by atoms with Crippen molar-refractivity contribution < 1.29 is 14.4 Å². The standard InChI is InChI=1S/C21H21NO3/c1-14-7-8-16(13-15(14)2)19(23)9-10-21(25)22-12-11-20(24)17-5-3-4-6-18(17)22/h3-8,13H,9-12H2,1-2H3. The summed E-state index contributed by atoms with van der Waals surface area (Å²) in [5.41, 5.74) is 4.10. The van der Waals surface area contributed by atoms with E-state index in [0.29, 0.717) is 29.8 Å². The number of aryl methyl sites for hydroxylation is 2. The number of amides is 1. The molecule has 0 unspecified atom stereocenters. The maximum absolute atomic E-state index is 12.6. The summed E-state index contributed by atoms with van der Waals surface area (Å²) in [4.78, 5) is 38.6. The topological polar surface area (TPSA) is 54.5 Å². The molecule has 0 saturated carbocycles. The van der Waals surface area contributed by atoms with Crippen LogP contribution in [0, 0.1) is 13.8 Å². The number of nitrogens with zero attached hydrogens (tertiary/aromatic N) is 1. The summed E-state index contributed by atoms with van der Waals surface area (Å²) in [6.07, 6.45) is 0.649. The first-order valence-corrected chi connectivity index (χ1v) is 8.50. The second-order valence-corrected chi connectivity index (χ2v) is 6.46. The van der Waals surface area contributed by atoms with Crippen molar-refractivity contribution >= 4 is 23.2 Å². The number of hydrogen-bond acceptors (Lipinski definition) is 3. The Kier molecular flexibility index (Phi) is 4.79. The second kappa shape index (κ2) is 7.01. The van der Waals surface area contributed by atoms with Crippen LogP contribution in [0.1, 0.15) is 51.1 Å². The van der Waals surface area contributed by atoms with Crippen LogP contribution in [0.2, 0.25) is 0 Å². The van der Waals surface area contributed by atoms with Crippen LogP contribution in [0.15, 0.2) is 42.5 Å². The van der Waals surface area contributed by atoms with E-state index in [1.165, 1.54) is 0 Å². The third-order valence-corrected chi connectivity index (χ3v) is 4.75. The van der Waals surface area contributed by atoms with Gasteiger partial charge in [-0.1, -0.05) is 24.3 Å². The molecule has 1 aliphatic rings. The molecule has 0 bridgehead atoms. The highest BCUT2D eigenvalue weighted by molar-refractivity contribution is 6.09. The molecule has 0 atom stereocenters. The van der Waals surface area contributed by atoms with E-state index < -0.39 is 0 Å². The van der Waals surface area contributed by atoms with Gasteiger partial charge in [-0.25, -0.2) is 0 Å². The molecule has 0 fully saturated rings. The average molecular weight is 335 g/mol. The first kappa shape index (κ1) is 17.1. The van der Waals surface area contributed by atoms with Gasteiger partial charge in [-0.15, -0.1) is 0 Å². The van der Waals surface area contributed by atoms with E-state index in [4.69, 9.17) is 0 Å². The highest BCUT2D eigenvalue weighted by atomic mass is 16.2. The number of benzene rings is 2. The normalized spacial score (nSPS) is 13.5. The van der Waals surface area contributed by atoms with Crippen molar-refractivity contribution in [1.29, 1.82) is 0 Å². The average Bonchev–Trinajstić information content (AvgIpc) is 2.62. The minimum Gasteiger partial charge on any atom is -0.311 e. The van der Waals surface area contributed by atoms with Crippen LogP contribution in [-0.2, 0) is 4.79 Å².